The van der Waals surface area contributed by atoms with E-state index < -0.39 is 21.9 Å². The molecule has 0 bridgehead atoms. The molecule has 0 aliphatic heterocycles. The Morgan fingerprint density at radius 3 is 2.52 bits per heavy atom. The highest BCUT2D eigenvalue weighted by molar-refractivity contribution is 7.89. The zero-order valence-corrected chi connectivity index (χ0v) is 13.6. The molecule has 1 unspecified atom stereocenters. The molecule has 0 spiro atoms. The SMILES string of the molecule is COc1cccc(S(=O)(=O)NCC(OC)c2cccc(F)c2)c1. The number of rotatable bonds is 7. The van der Waals surface area contributed by atoms with Crippen LogP contribution in [0.1, 0.15) is 11.7 Å². The van der Waals surface area contributed by atoms with Gasteiger partial charge in [0.1, 0.15) is 11.6 Å². The number of hydrogen-bond donors (Lipinski definition) is 1. The van der Waals surface area contributed by atoms with Gasteiger partial charge in [-0.05, 0) is 29.8 Å². The largest absolute Gasteiger partial charge is 0.497 e. The van der Waals surface area contributed by atoms with Crippen molar-refractivity contribution in [2.75, 3.05) is 20.8 Å². The zero-order valence-electron chi connectivity index (χ0n) is 12.8. The molecule has 0 aliphatic rings. The van der Waals surface area contributed by atoms with Crippen LogP contribution in [0.4, 0.5) is 4.39 Å². The number of benzene rings is 2. The van der Waals surface area contributed by atoms with Crippen molar-refractivity contribution in [1.82, 2.24) is 4.72 Å². The first-order valence-electron chi connectivity index (χ1n) is 6.88. The summed E-state index contributed by atoms with van der Waals surface area (Å²) in [4.78, 5) is 0.0888. The van der Waals surface area contributed by atoms with E-state index in [1.807, 2.05) is 0 Å². The minimum absolute atomic E-state index is 0.0144. The predicted octanol–water partition coefficient (Wildman–Crippen LogP) is 2.50. The fourth-order valence-corrected chi connectivity index (χ4v) is 3.15. The van der Waals surface area contributed by atoms with Crippen LogP contribution in [0.2, 0.25) is 0 Å². The first-order valence-corrected chi connectivity index (χ1v) is 8.36. The van der Waals surface area contributed by atoms with E-state index in [9.17, 15) is 12.8 Å². The maximum Gasteiger partial charge on any atom is 0.240 e. The molecule has 124 valence electrons. The fourth-order valence-electron chi connectivity index (χ4n) is 2.08. The molecule has 0 radical (unpaired) electrons. The van der Waals surface area contributed by atoms with Crippen LogP contribution in [0.25, 0.3) is 0 Å². The predicted molar refractivity (Wildman–Crippen MR) is 84.3 cm³/mol. The Kier molecular flexibility index (Phi) is 5.70. The lowest BCUT2D eigenvalue weighted by atomic mass is 10.1. The Morgan fingerprint density at radius 1 is 1.13 bits per heavy atom. The van der Waals surface area contributed by atoms with Crippen LogP contribution in [0.5, 0.6) is 5.75 Å². The summed E-state index contributed by atoms with van der Waals surface area (Å²) >= 11 is 0. The van der Waals surface area contributed by atoms with Gasteiger partial charge in [0.25, 0.3) is 0 Å². The van der Waals surface area contributed by atoms with Crippen LogP contribution in [-0.2, 0) is 14.8 Å². The highest BCUT2D eigenvalue weighted by Crippen LogP contribution is 2.20. The van der Waals surface area contributed by atoms with Gasteiger partial charge in [-0.25, -0.2) is 17.5 Å². The van der Waals surface area contributed by atoms with Gasteiger partial charge in [-0.2, -0.15) is 0 Å². The molecule has 2 aromatic carbocycles. The Morgan fingerprint density at radius 2 is 1.87 bits per heavy atom. The number of methoxy groups -OCH3 is 2. The summed E-state index contributed by atoms with van der Waals surface area (Å²) in [6.07, 6.45) is -0.592. The minimum atomic E-state index is -3.72. The van der Waals surface area contributed by atoms with E-state index in [2.05, 4.69) is 4.72 Å². The molecule has 7 heteroatoms. The lowest BCUT2D eigenvalue weighted by Crippen LogP contribution is -2.29. The second-order valence-electron chi connectivity index (χ2n) is 4.81. The van der Waals surface area contributed by atoms with Gasteiger partial charge in [-0.1, -0.05) is 18.2 Å². The Hall–Kier alpha value is -1.96. The van der Waals surface area contributed by atoms with E-state index in [1.54, 1.807) is 24.3 Å². The first-order chi connectivity index (χ1) is 11.0. The quantitative estimate of drug-likeness (QED) is 0.842. The highest BCUT2D eigenvalue weighted by Gasteiger charge is 2.18. The van der Waals surface area contributed by atoms with Crippen molar-refractivity contribution >= 4 is 10.0 Å². The number of halogens is 1. The summed E-state index contributed by atoms with van der Waals surface area (Å²) < 4.78 is 50.7. The van der Waals surface area contributed by atoms with Crippen molar-refractivity contribution in [2.45, 2.75) is 11.0 Å². The monoisotopic (exact) mass is 339 g/mol. The number of ether oxygens (including phenoxy) is 2. The van der Waals surface area contributed by atoms with E-state index in [0.29, 0.717) is 11.3 Å². The van der Waals surface area contributed by atoms with Crippen molar-refractivity contribution in [3.63, 3.8) is 0 Å². The third-order valence-corrected chi connectivity index (χ3v) is 4.74. The smallest absolute Gasteiger partial charge is 0.240 e. The van der Waals surface area contributed by atoms with Gasteiger partial charge in [0.05, 0.1) is 18.1 Å². The van der Waals surface area contributed by atoms with Crippen LogP contribution >= 0.6 is 0 Å². The molecule has 2 aromatic rings. The third kappa shape index (κ3) is 4.51. The van der Waals surface area contributed by atoms with E-state index in [4.69, 9.17) is 9.47 Å². The lowest BCUT2D eigenvalue weighted by molar-refractivity contribution is 0.107. The first kappa shape index (κ1) is 17.4. The topological polar surface area (TPSA) is 64.6 Å². The molecule has 0 heterocycles. The second kappa shape index (κ2) is 7.54. The molecule has 5 nitrogen and oxygen atoms in total. The van der Waals surface area contributed by atoms with E-state index in [1.165, 1.54) is 38.5 Å². The zero-order chi connectivity index (χ0) is 16.9. The summed E-state index contributed by atoms with van der Waals surface area (Å²) in [5.74, 6) is 0.0431. The summed E-state index contributed by atoms with van der Waals surface area (Å²) in [7, 11) is -0.818. The molecule has 0 saturated carbocycles. The van der Waals surface area contributed by atoms with Crippen LogP contribution < -0.4 is 9.46 Å². The second-order valence-corrected chi connectivity index (χ2v) is 6.58. The maximum atomic E-state index is 13.3. The van der Waals surface area contributed by atoms with E-state index in [-0.39, 0.29) is 11.4 Å². The Bertz CT molecular complexity index is 764. The lowest BCUT2D eigenvalue weighted by Gasteiger charge is -2.17. The molecule has 0 amide bonds. The van der Waals surface area contributed by atoms with Gasteiger partial charge in [-0.3, -0.25) is 0 Å². The van der Waals surface area contributed by atoms with Gasteiger partial charge >= 0.3 is 0 Å². The van der Waals surface area contributed by atoms with Crippen molar-refractivity contribution in [3.8, 4) is 5.75 Å². The van der Waals surface area contributed by atoms with Gasteiger partial charge in [-0.15, -0.1) is 0 Å². The third-order valence-electron chi connectivity index (χ3n) is 3.32. The number of hydrogen-bond acceptors (Lipinski definition) is 4. The van der Waals surface area contributed by atoms with E-state index >= 15 is 0 Å². The van der Waals surface area contributed by atoms with Crippen LogP contribution in [0.3, 0.4) is 0 Å². The highest BCUT2D eigenvalue weighted by atomic mass is 32.2. The Labute approximate surface area is 135 Å². The number of sulfonamides is 1. The van der Waals surface area contributed by atoms with Crippen molar-refractivity contribution in [3.05, 3.63) is 59.9 Å². The molecular weight excluding hydrogens is 321 g/mol. The molecule has 1 atom stereocenters. The normalized spacial score (nSPS) is 12.8. The van der Waals surface area contributed by atoms with Gasteiger partial charge in [0.15, 0.2) is 0 Å². The average molecular weight is 339 g/mol. The Balaban J connectivity index is 2.13. The summed E-state index contributed by atoms with van der Waals surface area (Å²) in [6, 6.07) is 12.0. The van der Waals surface area contributed by atoms with Crippen LogP contribution in [0.15, 0.2) is 53.4 Å². The number of nitrogens with one attached hydrogen (secondary N) is 1. The molecule has 23 heavy (non-hydrogen) atoms. The molecular formula is C16H18FNO4S. The van der Waals surface area contributed by atoms with Gasteiger partial charge in [0.2, 0.25) is 10.0 Å². The molecule has 1 N–H and O–H groups in total. The summed E-state index contributed by atoms with van der Waals surface area (Å²) in [5.41, 5.74) is 0.556. The van der Waals surface area contributed by atoms with Crippen molar-refractivity contribution < 1.29 is 22.3 Å². The van der Waals surface area contributed by atoms with Crippen molar-refractivity contribution in [2.24, 2.45) is 0 Å². The van der Waals surface area contributed by atoms with Crippen LogP contribution in [-0.4, -0.2) is 29.2 Å². The average Bonchev–Trinajstić information content (AvgIpc) is 2.55. The minimum Gasteiger partial charge on any atom is -0.497 e. The fraction of sp³-hybridized carbons (Fsp3) is 0.250. The summed E-state index contributed by atoms with van der Waals surface area (Å²) in [5, 5.41) is 0. The van der Waals surface area contributed by atoms with Gasteiger partial charge < -0.3 is 9.47 Å². The van der Waals surface area contributed by atoms with Crippen LogP contribution in [0, 0.1) is 5.82 Å². The van der Waals surface area contributed by atoms with Gasteiger partial charge in [0, 0.05) is 19.7 Å². The molecule has 0 aliphatic carbocycles. The van der Waals surface area contributed by atoms with E-state index in [0.717, 1.165) is 0 Å². The maximum absolute atomic E-state index is 13.3. The molecule has 0 saturated heterocycles. The summed E-state index contributed by atoms with van der Waals surface area (Å²) in [6.45, 7) is -0.0144. The molecule has 0 fully saturated rings. The molecule has 2 rings (SSSR count). The molecule has 0 aromatic heterocycles. The van der Waals surface area contributed by atoms with Crippen molar-refractivity contribution in [1.29, 1.82) is 0 Å². The standard InChI is InChI=1S/C16H18FNO4S/c1-21-14-7-4-8-15(10-14)23(19,20)18-11-16(22-2)12-5-3-6-13(17)9-12/h3-10,16,18H,11H2,1-2H3.